The SMILES string of the molecule is Cn1ccnc1C1CNCCN1C(=O)CNc1ccccc1[N+](=O)[O-]. The molecule has 0 bridgehead atoms. The van der Waals surface area contributed by atoms with Gasteiger partial charge in [-0.2, -0.15) is 0 Å². The Balaban J connectivity index is 1.72. The lowest BCUT2D eigenvalue weighted by Gasteiger charge is -2.35. The Morgan fingerprint density at radius 1 is 1.48 bits per heavy atom. The smallest absolute Gasteiger partial charge is 0.292 e. The molecule has 9 heteroatoms. The Morgan fingerprint density at radius 3 is 3.00 bits per heavy atom. The number of carbonyl (C=O) groups is 1. The minimum atomic E-state index is -0.464. The number of hydrogen-bond acceptors (Lipinski definition) is 6. The number of nitrogens with one attached hydrogen (secondary N) is 2. The molecule has 3 rings (SSSR count). The standard InChI is InChI=1S/C16H20N6O3/c1-20-8-7-18-16(20)14-10-17-6-9-21(14)15(23)11-19-12-4-2-3-5-13(12)22(24)25/h2-5,7-8,14,17,19H,6,9-11H2,1H3. The van der Waals surface area contributed by atoms with Gasteiger partial charge in [0.15, 0.2) is 0 Å². The molecule has 0 radical (unpaired) electrons. The zero-order valence-corrected chi connectivity index (χ0v) is 13.9. The van der Waals surface area contributed by atoms with Crippen LogP contribution in [0.4, 0.5) is 11.4 Å². The Hall–Kier alpha value is -2.94. The van der Waals surface area contributed by atoms with Crippen LogP contribution in [0.2, 0.25) is 0 Å². The number of para-hydroxylation sites is 2. The fourth-order valence-electron chi connectivity index (χ4n) is 2.99. The van der Waals surface area contributed by atoms with E-state index in [-0.39, 0.29) is 24.2 Å². The van der Waals surface area contributed by atoms with Gasteiger partial charge in [0, 0.05) is 45.1 Å². The number of anilines is 1. The molecule has 1 atom stereocenters. The van der Waals surface area contributed by atoms with Crippen molar-refractivity contribution in [1.29, 1.82) is 0 Å². The summed E-state index contributed by atoms with van der Waals surface area (Å²) >= 11 is 0. The Morgan fingerprint density at radius 2 is 2.28 bits per heavy atom. The van der Waals surface area contributed by atoms with Crippen LogP contribution in [0.1, 0.15) is 11.9 Å². The number of aryl methyl sites for hydroxylation is 1. The molecule has 1 saturated heterocycles. The molecule has 0 saturated carbocycles. The highest BCUT2D eigenvalue weighted by atomic mass is 16.6. The summed E-state index contributed by atoms with van der Waals surface area (Å²) in [7, 11) is 1.89. The fraction of sp³-hybridized carbons (Fsp3) is 0.375. The van der Waals surface area contributed by atoms with Gasteiger partial charge in [-0.1, -0.05) is 12.1 Å². The second-order valence-corrected chi connectivity index (χ2v) is 5.83. The van der Waals surface area contributed by atoms with Gasteiger partial charge >= 0.3 is 0 Å². The van der Waals surface area contributed by atoms with Crippen LogP contribution in [0.3, 0.4) is 0 Å². The number of rotatable bonds is 5. The predicted molar refractivity (Wildman–Crippen MR) is 92.1 cm³/mol. The number of nitrogens with zero attached hydrogens (tertiary/aromatic N) is 4. The molecule has 132 valence electrons. The van der Waals surface area contributed by atoms with Gasteiger partial charge in [-0.15, -0.1) is 0 Å². The van der Waals surface area contributed by atoms with Crippen LogP contribution in [-0.4, -0.2) is 51.5 Å². The van der Waals surface area contributed by atoms with Crippen molar-refractivity contribution in [2.24, 2.45) is 7.05 Å². The van der Waals surface area contributed by atoms with Gasteiger partial charge in [-0.05, 0) is 6.07 Å². The first kappa shape index (κ1) is 16.9. The summed E-state index contributed by atoms with van der Waals surface area (Å²) in [6.07, 6.45) is 3.55. The summed E-state index contributed by atoms with van der Waals surface area (Å²) < 4.78 is 1.90. The number of hydrogen-bond donors (Lipinski definition) is 2. The third kappa shape index (κ3) is 3.61. The quantitative estimate of drug-likeness (QED) is 0.617. The Kier molecular flexibility index (Phi) is 4.94. The van der Waals surface area contributed by atoms with E-state index in [1.54, 1.807) is 29.3 Å². The average Bonchev–Trinajstić information content (AvgIpc) is 3.05. The van der Waals surface area contributed by atoms with E-state index in [1.807, 2.05) is 17.8 Å². The monoisotopic (exact) mass is 344 g/mol. The molecule has 1 aromatic carbocycles. The number of amides is 1. The zero-order valence-electron chi connectivity index (χ0n) is 13.9. The lowest BCUT2D eigenvalue weighted by molar-refractivity contribution is -0.383. The lowest BCUT2D eigenvalue weighted by atomic mass is 10.1. The Bertz CT molecular complexity index is 775. The van der Waals surface area contributed by atoms with Gasteiger partial charge in [-0.25, -0.2) is 4.98 Å². The van der Waals surface area contributed by atoms with E-state index in [4.69, 9.17) is 0 Å². The van der Waals surface area contributed by atoms with Gasteiger partial charge in [0.25, 0.3) is 5.69 Å². The number of aromatic nitrogens is 2. The van der Waals surface area contributed by atoms with E-state index < -0.39 is 4.92 Å². The highest BCUT2D eigenvalue weighted by Gasteiger charge is 2.30. The van der Waals surface area contributed by atoms with Gasteiger partial charge < -0.3 is 20.1 Å². The third-order valence-corrected chi connectivity index (χ3v) is 4.25. The molecule has 1 unspecified atom stereocenters. The van der Waals surface area contributed by atoms with Gasteiger partial charge in [0.05, 0.1) is 11.5 Å². The molecule has 0 spiro atoms. The topological polar surface area (TPSA) is 105 Å². The number of piperazine rings is 1. The molecule has 25 heavy (non-hydrogen) atoms. The molecular weight excluding hydrogens is 324 g/mol. The van der Waals surface area contributed by atoms with E-state index in [0.717, 1.165) is 5.82 Å². The summed E-state index contributed by atoms with van der Waals surface area (Å²) in [5, 5.41) is 17.2. The largest absolute Gasteiger partial charge is 0.371 e. The summed E-state index contributed by atoms with van der Waals surface area (Å²) in [4.78, 5) is 29.4. The second-order valence-electron chi connectivity index (χ2n) is 5.83. The van der Waals surface area contributed by atoms with E-state index in [0.29, 0.717) is 25.3 Å². The number of benzene rings is 1. The predicted octanol–water partition coefficient (Wildman–Crippen LogP) is 0.913. The first-order valence-electron chi connectivity index (χ1n) is 8.02. The van der Waals surface area contributed by atoms with Crippen LogP contribution in [0.15, 0.2) is 36.7 Å². The van der Waals surface area contributed by atoms with Crippen molar-refractivity contribution in [1.82, 2.24) is 19.8 Å². The molecule has 1 aliphatic rings. The second kappa shape index (κ2) is 7.31. The van der Waals surface area contributed by atoms with Gasteiger partial charge in [-0.3, -0.25) is 14.9 Å². The fourth-order valence-corrected chi connectivity index (χ4v) is 2.99. The highest BCUT2D eigenvalue weighted by Crippen LogP contribution is 2.24. The normalized spacial score (nSPS) is 17.3. The number of imidazole rings is 1. The van der Waals surface area contributed by atoms with Crippen molar-refractivity contribution in [3.63, 3.8) is 0 Å². The molecule has 1 fully saturated rings. The average molecular weight is 344 g/mol. The van der Waals surface area contributed by atoms with Crippen LogP contribution in [-0.2, 0) is 11.8 Å². The summed E-state index contributed by atoms with van der Waals surface area (Å²) in [5.41, 5.74) is 0.292. The first-order valence-corrected chi connectivity index (χ1v) is 8.02. The van der Waals surface area contributed by atoms with Gasteiger partial charge in [0.2, 0.25) is 5.91 Å². The van der Waals surface area contributed by atoms with Crippen molar-refractivity contribution < 1.29 is 9.72 Å². The number of nitro benzene ring substituents is 1. The molecule has 9 nitrogen and oxygen atoms in total. The maximum absolute atomic E-state index is 12.7. The van der Waals surface area contributed by atoms with Crippen LogP contribution in [0.25, 0.3) is 0 Å². The van der Waals surface area contributed by atoms with Crippen molar-refractivity contribution in [3.05, 3.63) is 52.6 Å². The maximum Gasteiger partial charge on any atom is 0.292 e. The van der Waals surface area contributed by atoms with E-state index in [2.05, 4.69) is 15.6 Å². The van der Waals surface area contributed by atoms with E-state index in [1.165, 1.54) is 6.07 Å². The Labute approximate surface area is 144 Å². The van der Waals surface area contributed by atoms with Crippen molar-refractivity contribution in [2.75, 3.05) is 31.5 Å². The molecule has 1 aromatic heterocycles. The van der Waals surface area contributed by atoms with Crippen molar-refractivity contribution >= 4 is 17.3 Å². The van der Waals surface area contributed by atoms with Crippen LogP contribution < -0.4 is 10.6 Å². The number of carbonyl (C=O) groups excluding carboxylic acids is 1. The molecule has 2 heterocycles. The lowest BCUT2D eigenvalue weighted by Crippen LogP contribution is -2.50. The van der Waals surface area contributed by atoms with E-state index >= 15 is 0 Å². The molecule has 1 aliphatic heterocycles. The van der Waals surface area contributed by atoms with Crippen LogP contribution in [0.5, 0.6) is 0 Å². The zero-order chi connectivity index (χ0) is 17.8. The number of nitro groups is 1. The molecule has 2 aromatic rings. The maximum atomic E-state index is 12.7. The molecule has 2 N–H and O–H groups in total. The van der Waals surface area contributed by atoms with Crippen molar-refractivity contribution in [2.45, 2.75) is 6.04 Å². The third-order valence-electron chi connectivity index (χ3n) is 4.25. The summed E-state index contributed by atoms with van der Waals surface area (Å²) in [5.74, 6) is 0.693. The molecular formula is C16H20N6O3. The van der Waals surface area contributed by atoms with E-state index in [9.17, 15) is 14.9 Å². The first-order chi connectivity index (χ1) is 12.1. The minimum absolute atomic E-state index is 0.00816. The van der Waals surface area contributed by atoms with Crippen LogP contribution >= 0.6 is 0 Å². The molecule has 0 aliphatic carbocycles. The summed E-state index contributed by atoms with van der Waals surface area (Å²) in [6.45, 7) is 1.89. The van der Waals surface area contributed by atoms with Gasteiger partial charge in [0.1, 0.15) is 17.6 Å². The minimum Gasteiger partial charge on any atom is -0.371 e. The highest BCUT2D eigenvalue weighted by molar-refractivity contribution is 5.82. The molecule has 1 amide bonds. The van der Waals surface area contributed by atoms with Crippen LogP contribution in [0, 0.1) is 10.1 Å². The van der Waals surface area contributed by atoms with Crippen molar-refractivity contribution in [3.8, 4) is 0 Å². The summed E-state index contributed by atoms with van der Waals surface area (Å²) in [6, 6.07) is 6.14.